The highest BCUT2D eigenvalue weighted by atomic mass is 35.6. The Morgan fingerprint density at radius 1 is 0.933 bits per heavy atom. The van der Waals surface area contributed by atoms with Crippen molar-refractivity contribution in [2.24, 2.45) is 0 Å². The summed E-state index contributed by atoms with van der Waals surface area (Å²) in [6.07, 6.45) is 0. The molecule has 0 fully saturated rings. The molecular weight excluding hydrogens is 242 g/mol. The van der Waals surface area contributed by atoms with Crippen molar-refractivity contribution in [1.29, 1.82) is 0 Å². The van der Waals surface area contributed by atoms with E-state index in [-0.39, 0.29) is 0 Å². The maximum absolute atomic E-state index is 6.30. The molecule has 0 rings (SSSR count). The van der Waals surface area contributed by atoms with Crippen LogP contribution in [0.4, 0.5) is 0 Å². The number of nitrogens with zero attached hydrogens (tertiary/aromatic N) is 1. The highest BCUT2D eigenvalue weighted by Gasteiger charge is 2.39. The molecule has 15 heavy (non-hydrogen) atoms. The first-order valence-electron chi connectivity index (χ1n) is 5.65. The average molecular weight is 268 g/mol. The maximum Gasteiger partial charge on any atom is 0.274 e. The van der Waals surface area contributed by atoms with Gasteiger partial charge in [-0.3, -0.25) is 4.57 Å². The fourth-order valence-corrected chi connectivity index (χ4v) is 11.8. The Morgan fingerprint density at radius 3 is 1.47 bits per heavy atom. The summed E-state index contributed by atoms with van der Waals surface area (Å²) in [4.78, 5) is 0. The summed E-state index contributed by atoms with van der Waals surface area (Å²) in [5, 5.41) is 0. The Morgan fingerprint density at radius 2 is 1.27 bits per heavy atom. The van der Waals surface area contributed by atoms with Gasteiger partial charge in [0, 0.05) is 0 Å². The van der Waals surface area contributed by atoms with Gasteiger partial charge in [-0.2, -0.15) is 0 Å². The zero-order chi connectivity index (χ0) is 12.4. The summed E-state index contributed by atoms with van der Waals surface area (Å²) in [6, 6.07) is 1.03. The minimum Gasteiger partial charge on any atom is -0.433 e. The minimum absolute atomic E-state index is 0.514. The van der Waals surface area contributed by atoms with E-state index in [2.05, 4.69) is 45.4 Å². The predicted molar refractivity (Wildman–Crippen MR) is 74.0 cm³/mol. The van der Waals surface area contributed by atoms with E-state index in [0.29, 0.717) is 12.1 Å². The van der Waals surface area contributed by atoms with Crippen LogP contribution >= 0.6 is 11.1 Å². The molecule has 2 nitrogen and oxygen atoms in total. The summed E-state index contributed by atoms with van der Waals surface area (Å²) in [5.74, 6) is 0. The third kappa shape index (κ3) is 5.49. The lowest BCUT2D eigenvalue weighted by Gasteiger charge is -2.44. The van der Waals surface area contributed by atoms with Crippen molar-refractivity contribution in [3.05, 3.63) is 0 Å². The summed E-state index contributed by atoms with van der Waals surface area (Å²) >= 11 is 6.30. The molecule has 92 valence electrons. The van der Waals surface area contributed by atoms with E-state index < -0.39 is 16.1 Å². The van der Waals surface area contributed by atoms with Crippen LogP contribution in [0.15, 0.2) is 0 Å². The molecule has 0 atom stereocenters. The molecular formula is C10H26ClNOSi2. The SMILES string of the molecule is CC(C)N(C(C)C)[Si](C)(C)O[Si](C)(C)Cl. The number of hydrogen-bond acceptors (Lipinski definition) is 2. The number of hydrogen-bond donors (Lipinski definition) is 0. The van der Waals surface area contributed by atoms with E-state index in [0.717, 1.165) is 0 Å². The molecule has 0 aromatic rings. The first-order valence-corrected chi connectivity index (χ1v) is 12.4. The molecule has 0 saturated heterocycles. The van der Waals surface area contributed by atoms with Gasteiger partial charge in [0.05, 0.1) is 0 Å². The fourth-order valence-electron chi connectivity index (χ4n) is 2.49. The number of rotatable bonds is 5. The van der Waals surface area contributed by atoms with Crippen molar-refractivity contribution in [3.63, 3.8) is 0 Å². The van der Waals surface area contributed by atoms with Gasteiger partial charge in [-0.25, -0.2) is 0 Å². The normalized spacial score (nSPS) is 14.4. The van der Waals surface area contributed by atoms with Gasteiger partial charge < -0.3 is 4.12 Å². The van der Waals surface area contributed by atoms with E-state index in [4.69, 9.17) is 15.2 Å². The van der Waals surface area contributed by atoms with Crippen LogP contribution in [0.5, 0.6) is 0 Å². The first kappa shape index (κ1) is 15.6. The van der Waals surface area contributed by atoms with Crippen molar-refractivity contribution in [2.75, 3.05) is 0 Å². The van der Waals surface area contributed by atoms with E-state index in [1.165, 1.54) is 0 Å². The van der Waals surface area contributed by atoms with Crippen molar-refractivity contribution in [1.82, 2.24) is 4.57 Å². The molecule has 0 N–H and O–H groups in total. The quantitative estimate of drug-likeness (QED) is 0.556. The smallest absolute Gasteiger partial charge is 0.274 e. The lowest BCUT2D eigenvalue weighted by Crippen LogP contribution is -2.60. The summed E-state index contributed by atoms with van der Waals surface area (Å²) in [7, 11) is -3.79. The molecule has 5 heteroatoms. The summed E-state index contributed by atoms with van der Waals surface area (Å²) in [5.41, 5.74) is 0. The van der Waals surface area contributed by atoms with Crippen molar-refractivity contribution < 1.29 is 4.12 Å². The van der Waals surface area contributed by atoms with Crippen molar-refractivity contribution in [3.8, 4) is 0 Å². The summed E-state index contributed by atoms with van der Waals surface area (Å²) in [6.45, 7) is 17.5. The van der Waals surface area contributed by atoms with Gasteiger partial charge >= 0.3 is 0 Å². The van der Waals surface area contributed by atoms with Crippen LogP contribution in [-0.2, 0) is 4.12 Å². The van der Waals surface area contributed by atoms with Gasteiger partial charge in [0.15, 0.2) is 0 Å². The van der Waals surface area contributed by atoms with Gasteiger partial charge in [-0.15, -0.1) is 11.1 Å². The average Bonchev–Trinajstić information content (AvgIpc) is 1.74. The second kappa shape index (κ2) is 5.32. The van der Waals surface area contributed by atoms with E-state index in [1.807, 2.05) is 13.1 Å². The predicted octanol–water partition coefficient (Wildman–Crippen LogP) is 3.76. The molecule has 0 aliphatic heterocycles. The molecule has 0 spiro atoms. The Labute approximate surface area is 102 Å². The first-order chi connectivity index (χ1) is 6.47. The van der Waals surface area contributed by atoms with Gasteiger partial charge in [-0.1, -0.05) is 27.7 Å². The Kier molecular flexibility index (Phi) is 5.54. The van der Waals surface area contributed by atoms with Crippen LogP contribution in [-0.4, -0.2) is 32.8 Å². The van der Waals surface area contributed by atoms with Gasteiger partial charge in [0.1, 0.15) is 0 Å². The zero-order valence-corrected chi connectivity index (χ0v) is 14.1. The molecule has 0 saturated carbocycles. The molecule has 0 aliphatic rings. The highest BCUT2D eigenvalue weighted by Crippen LogP contribution is 2.24. The molecule has 0 aromatic heterocycles. The van der Waals surface area contributed by atoms with Crippen molar-refractivity contribution in [2.45, 2.75) is 66.0 Å². The second-order valence-electron chi connectivity index (χ2n) is 5.51. The van der Waals surface area contributed by atoms with Crippen LogP contribution in [0, 0.1) is 0 Å². The molecule has 0 aliphatic carbocycles. The third-order valence-corrected chi connectivity index (χ3v) is 9.14. The fraction of sp³-hybridized carbons (Fsp3) is 1.00. The monoisotopic (exact) mass is 267 g/mol. The molecule has 0 radical (unpaired) electrons. The Balaban J connectivity index is 4.80. The molecule has 0 aromatic carbocycles. The molecule has 0 unspecified atom stereocenters. The number of halogens is 1. The Bertz CT molecular complexity index is 194. The largest absolute Gasteiger partial charge is 0.433 e. The summed E-state index contributed by atoms with van der Waals surface area (Å²) < 4.78 is 8.67. The standard InChI is InChI=1S/C10H26ClNOSi2/c1-9(2)12(10(3)4)15(7,8)13-14(5,6)11/h9-10H,1-8H3. The molecule has 0 amide bonds. The Hall–Kier alpha value is 0.644. The zero-order valence-electron chi connectivity index (χ0n) is 11.4. The maximum atomic E-state index is 6.30. The van der Waals surface area contributed by atoms with E-state index in [1.54, 1.807) is 0 Å². The third-order valence-electron chi connectivity index (χ3n) is 2.23. The second-order valence-corrected chi connectivity index (χ2v) is 15.2. The highest BCUT2D eigenvalue weighted by molar-refractivity contribution is 7.17. The van der Waals surface area contributed by atoms with Crippen LogP contribution in [0.2, 0.25) is 26.2 Å². The molecule has 0 bridgehead atoms. The van der Waals surface area contributed by atoms with Crippen LogP contribution in [0.3, 0.4) is 0 Å². The van der Waals surface area contributed by atoms with Crippen molar-refractivity contribution >= 4 is 27.2 Å². The van der Waals surface area contributed by atoms with Crippen LogP contribution < -0.4 is 0 Å². The van der Waals surface area contributed by atoms with E-state index >= 15 is 0 Å². The minimum atomic E-state index is -1.95. The van der Waals surface area contributed by atoms with Crippen LogP contribution in [0.25, 0.3) is 0 Å². The lowest BCUT2D eigenvalue weighted by molar-refractivity contribution is 0.254. The van der Waals surface area contributed by atoms with E-state index in [9.17, 15) is 0 Å². The lowest BCUT2D eigenvalue weighted by atomic mass is 10.3. The van der Waals surface area contributed by atoms with Gasteiger partial charge in [0.25, 0.3) is 16.1 Å². The molecule has 0 heterocycles. The van der Waals surface area contributed by atoms with Gasteiger partial charge in [-0.05, 0) is 38.3 Å². The van der Waals surface area contributed by atoms with Gasteiger partial charge in [0.2, 0.25) is 0 Å². The topological polar surface area (TPSA) is 12.5 Å². The van der Waals surface area contributed by atoms with Crippen LogP contribution in [0.1, 0.15) is 27.7 Å².